The normalized spacial score (nSPS) is 20.6. The Bertz CT molecular complexity index is 579. The van der Waals surface area contributed by atoms with Crippen LogP contribution in [0.25, 0.3) is 0 Å². The Morgan fingerprint density at radius 1 is 1.28 bits per heavy atom. The molecule has 6 heteroatoms. The van der Waals surface area contributed by atoms with Gasteiger partial charge in [-0.25, -0.2) is 4.98 Å². The summed E-state index contributed by atoms with van der Waals surface area (Å²) in [5.74, 6) is 0.913. The van der Waals surface area contributed by atoms with Crippen molar-refractivity contribution in [1.29, 1.82) is 0 Å². The molecule has 0 atom stereocenters. The molecule has 6 nitrogen and oxygen atoms in total. The summed E-state index contributed by atoms with van der Waals surface area (Å²) >= 11 is 0. The molecule has 0 aromatic carbocycles. The van der Waals surface area contributed by atoms with Crippen LogP contribution < -0.4 is 10.2 Å². The third-order valence-corrected chi connectivity index (χ3v) is 5.47. The number of hydrogen-bond acceptors (Lipinski definition) is 5. The van der Waals surface area contributed by atoms with Crippen molar-refractivity contribution in [2.75, 3.05) is 37.6 Å². The molecule has 1 saturated carbocycles. The van der Waals surface area contributed by atoms with Gasteiger partial charge in [0.1, 0.15) is 5.82 Å². The Labute approximate surface area is 150 Å². The van der Waals surface area contributed by atoms with Crippen molar-refractivity contribution >= 4 is 11.7 Å². The molecule has 1 amide bonds. The van der Waals surface area contributed by atoms with Gasteiger partial charge in [-0.2, -0.15) is 0 Å². The maximum atomic E-state index is 12.1. The number of aromatic nitrogens is 1. The van der Waals surface area contributed by atoms with Gasteiger partial charge in [-0.15, -0.1) is 0 Å². The zero-order valence-electron chi connectivity index (χ0n) is 15.2. The van der Waals surface area contributed by atoms with Gasteiger partial charge in [-0.3, -0.25) is 4.79 Å². The molecule has 2 aliphatic rings. The van der Waals surface area contributed by atoms with Gasteiger partial charge in [0.05, 0.1) is 12.0 Å². The summed E-state index contributed by atoms with van der Waals surface area (Å²) in [7, 11) is 0. The molecule has 138 valence electrons. The third kappa shape index (κ3) is 4.92. The highest BCUT2D eigenvalue weighted by Crippen LogP contribution is 2.32. The molecule has 2 heterocycles. The van der Waals surface area contributed by atoms with Crippen molar-refractivity contribution in [2.45, 2.75) is 51.2 Å². The van der Waals surface area contributed by atoms with Crippen LogP contribution in [-0.2, 0) is 11.3 Å². The first kappa shape index (κ1) is 18.1. The van der Waals surface area contributed by atoms with E-state index >= 15 is 0 Å². The minimum absolute atomic E-state index is 0.0701. The smallest absolute Gasteiger partial charge is 0.223 e. The highest BCUT2D eigenvalue weighted by atomic mass is 16.3. The van der Waals surface area contributed by atoms with Crippen molar-refractivity contribution in [3.63, 3.8) is 0 Å². The third-order valence-electron chi connectivity index (χ3n) is 5.47. The van der Waals surface area contributed by atoms with Gasteiger partial charge in [-0.1, -0.05) is 19.8 Å². The average molecular weight is 346 g/mol. The lowest BCUT2D eigenvalue weighted by Crippen LogP contribution is -2.46. The van der Waals surface area contributed by atoms with Crippen LogP contribution >= 0.6 is 0 Å². The fourth-order valence-electron chi connectivity index (χ4n) is 3.81. The van der Waals surface area contributed by atoms with Crippen LogP contribution in [0.5, 0.6) is 0 Å². The predicted molar refractivity (Wildman–Crippen MR) is 98.4 cm³/mol. The summed E-state index contributed by atoms with van der Waals surface area (Å²) < 4.78 is 0. The number of amides is 1. The van der Waals surface area contributed by atoms with E-state index < -0.39 is 5.60 Å². The van der Waals surface area contributed by atoms with Crippen LogP contribution in [0, 0.1) is 0 Å². The number of rotatable bonds is 6. The molecule has 0 radical (unpaired) electrons. The number of anilines is 1. The average Bonchev–Trinajstić information content (AvgIpc) is 3.06. The lowest BCUT2D eigenvalue weighted by atomic mass is 9.97. The number of pyridine rings is 1. The van der Waals surface area contributed by atoms with E-state index in [2.05, 4.69) is 33.1 Å². The number of hydrogen-bond donors (Lipinski definition) is 2. The molecule has 2 N–H and O–H groups in total. The molecule has 1 aromatic heterocycles. The first-order chi connectivity index (χ1) is 12.1. The molecule has 3 rings (SSSR count). The standard InChI is InChI=1S/C19H30N4O2/c1-2-22-9-11-23(12-10-22)17-13-16(5-8-20-17)15-21-18(24)14-19(25)6-3-4-7-19/h5,8,13,25H,2-4,6-7,9-12,14-15H2,1H3,(H,21,24). The lowest BCUT2D eigenvalue weighted by molar-refractivity contribution is -0.126. The van der Waals surface area contributed by atoms with Gasteiger partial charge in [0, 0.05) is 38.9 Å². The maximum absolute atomic E-state index is 12.1. The monoisotopic (exact) mass is 346 g/mol. The van der Waals surface area contributed by atoms with Crippen LogP contribution in [-0.4, -0.2) is 59.2 Å². The van der Waals surface area contributed by atoms with E-state index in [4.69, 9.17) is 0 Å². The highest BCUT2D eigenvalue weighted by molar-refractivity contribution is 5.77. The Balaban J connectivity index is 1.51. The highest BCUT2D eigenvalue weighted by Gasteiger charge is 2.33. The molecule has 1 aliphatic carbocycles. The summed E-state index contributed by atoms with van der Waals surface area (Å²) in [4.78, 5) is 21.4. The number of nitrogens with zero attached hydrogens (tertiary/aromatic N) is 3. The second-order valence-electron chi connectivity index (χ2n) is 7.33. The quantitative estimate of drug-likeness (QED) is 0.818. The Morgan fingerprint density at radius 2 is 2.00 bits per heavy atom. The van der Waals surface area contributed by atoms with Gasteiger partial charge < -0.3 is 20.2 Å². The van der Waals surface area contributed by atoms with Gasteiger partial charge in [0.15, 0.2) is 0 Å². The van der Waals surface area contributed by atoms with Crippen molar-refractivity contribution in [3.8, 4) is 0 Å². The topological polar surface area (TPSA) is 68.7 Å². The van der Waals surface area contributed by atoms with E-state index in [0.717, 1.165) is 69.8 Å². The largest absolute Gasteiger partial charge is 0.389 e. The van der Waals surface area contributed by atoms with E-state index in [9.17, 15) is 9.90 Å². The Kier molecular flexibility index (Phi) is 5.91. The van der Waals surface area contributed by atoms with Gasteiger partial charge in [-0.05, 0) is 37.1 Å². The number of nitrogens with one attached hydrogen (secondary N) is 1. The lowest BCUT2D eigenvalue weighted by Gasteiger charge is -2.34. The zero-order chi connectivity index (χ0) is 17.7. The number of carbonyl (C=O) groups excluding carboxylic acids is 1. The van der Waals surface area contributed by atoms with Gasteiger partial charge in [0.25, 0.3) is 0 Å². The molecule has 25 heavy (non-hydrogen) atoms. The van der Waals surface area contributed by atoms with E-state index in [-0.39, 0.29) is 12.3 Å². The summed E-state index contributed by atoms with van der Waals surface area (Å²) in [6, 6.07) is 4.00. The number of piperazine rings is 1. The fraction of sp³-hybridized carbons (Fsp3) is 0.684. The molecule has 2 fully saturated rings. The molecule has 0 spiro atoms. The van der Waals surface area contributed by atoms with Crippen LogP contribution in [0.1, 0.15) is 44.6 Å². The Morgan fingerprint density at radius 3 is 2.68 bits per heavy atom. The van der Waals surface area contributed by atoms with Gasteiger partial charge >= 0.3 is 0 Å². The van der Waals surface area contributed by atoms with E-state index in [1.54, 1.807) is 0 Å². The number of carbonyl (C=O) groups is 1. The minimum Gasteiger partial charge on any atom is -0.389 e. The summed E-state index contributed by atoms with van der Waals surface area (Å²) in [6.45, 7) is 7.89. The summed E-state index contributed by atoms with van der Waals surface area (Å²) in [5, 5.41) is 13.3. The van der Waals surface area contributed by atoms with Crippen LogP contribution in [0.15, 0.2) is 18.3 Å². The number of aliphatic hydroxyl groups is 1. The van der Waals surface area contributed by atoms with E-state index in [1.807, 2.05) is 12.3 Å². The molecular weight excluding hydrogens is 316 g/mol. The number of likely N-dealkylation sites (N-methyl/N-ethyl adjacent to an activating group) is 1. The summed E-state index contributed by atoms with van der Waals surface area (Å²) in [6.07, 6.45) is 5.54. The molecule has 0 bridgehead atoms. The zero-order valence-corrected chi connectivity index (χ0v) is 15.2. The second kappa shape index (κ2) is 8.15. The molecular formula is C19H30N4O2. The first-order valence-corrected chi connectivity index (χ1v) is 9.49. The maximum Gasteiger partial charge on any atom is 0.223 e. The molecule has 1 saturated heterocycles. The van der Waals surface area contributed by atoms with E-state index in [1.165, 1.54) is 0 Å². The van der Waals surface area contributed by atoms with Gasteiger partial charge in [0.2, 0.25) is 5.91 Å². The predicted octanol–water partition coefficient (Wildman–Crippen LogP) is 1.53. The molecule has 1 aromatic rings. The van der Waals surface area contributed by atoms with Crippen molar-refractivity contribution < 1.29 is 9.90 Å². The first-order valence-electron chi connectivity index (χ1n) is 9.49. The van der Waals surface area contributed by atoms with Crippen molar-refractivity contribution in [1.82, 2.24) is 15.2 Å². The minimum atomic E-state index is -0.785. The van der Waals surface area contributed by atoms with Crippen LogP contribution in [0.4, 0.5) is 5.82 Å². The van der Waals surface area contributed by atoms with E-state index in [0.29, 0.717) is 6.54 Å². The SMILES string of the molecule is CCN1CCN(c2cc(CNC(=O)CC3(O)CCCC3)ccn2)CC1. The summed E-state index contributed by atoms with van der Waals surface area (Å²) in [5.41, 5.74) is 0.265. The van der Waals surface area contributed by atoms with Crippen molar-refractivity contribution in [3.05, 3.63) is 23.9 Å². The fourth-order valence-corrected chi connectivity index (χ4v) is 3.81. The van der Waals surface area contributed by atoms with Crippen molar-refractivity contribution in [2.24, 2.45) is 0 Å². The molecule has 1 aliphatic heterocycles. The molecule has 0 unspecified atom stereocenters. The second-order valence-corrected chi connectivity index (χ2v) is 7.33. The Hall–Kier alpha value is -1.66. The van der Waals surface area contributed by atoms with Crippen LogP contribution in [0.2, 0.25) is 0 Å². The van der Waals surface area contributed by atoms with Crippen LogP contribution in [0.3, 0.4) is 0 Å².